The molecule has 1 aliphatic rings. The number of hydrogen-bond donors (Lipinski definition) is 2. The average Bonchev–Trinajstić information content (AvgIpc) is 2.68. The van der Waals surface area contributed by atoms with Crippen molar-refractivity contribution < 1.29 is 19.1 Å². The first-order chi connectivity index (χ1) is 12.3. The number of anilines is 2. The van der Waals surface area contributed by atoms with Crippen LogP contribution >= 0.6 is 0 Å². The lowest BCUT2D eigenvalue weighted by molar-refractivity contribution is -0.186. The maximum atomic E-state index is 12.4. The van der Waals surface area contributed by atoms with Crippen molar-refractivity contribution in [1.82, 2.24) is 5.48 Å². The number of hydrogen-bond acceptors (Lipinski definition) is 5. The normalized spacial score (nSPS) is 16.9. The lowest BCUT2D eigenvalue weighted by Crippen LogP contribution is -2.33. The van der Waals surface area contributed by atoms with Crippen molar-refractivity contribution in [2.75, 3.05) is 19.0 Å². The Hall–Kier alpha value is -2.57. The number of carbonyl (C=O) groups is 1. The van der Waals surface area contributed by atoms with E-state index in [0.717, 1.165) is 30.7 Å². The highest BCUT2D eigenvalue weighted by Crippen LogP contribution is 2.23. The SMILES string of the molecule is COc1ccc(Nc2ccccc2C(=O)NOC2CCCCO2)cc1. The number of nitrogens with one attached hydrogen (secondary N) is 2. The molecule has 1 amide bonds. The highest BCUT2D eigenvalue weighted by Gasteiger charge is 2.17. The van der Waals surface area contributed by atoms with Crippen LogP contribution in [-0.2, 0) is 9.57 Å². The van der Waals surface area contributed by atoms with Crippen LogP contribution in [0.15, 0.2) is 48.5 Å². The van der Waals surface area contributed by atoms with Crippen LogP contribution < -0.4 is 15.5 Å². The Bertz CT molecular complexity index is 697. The average molecular weight is 342 g/mol. The van der Waals surface area contributed by atoms with Gasteiger partial charge in [-0.25, -0.2) is 10.3 Å². The summed E-state index contributed by atoms with van der Waals surface area (Å²) < 4.78 is 10.6. The monoisotopic (exact) mass is 342 g/mol. The minimum atomic E-state index is -0.376. The Labute approximate surface area is 147 Å². The van der Waals surface area contributed by atoms with Crippen LogP contribution in [0, 0.1) is 0 Å². The van der Waals surface area contributed by atoms with E-state index in [1.165, 1.54) is 0 Å². The van der Waals surface area contributed by atoms with Crippen LogP contribution in [0.1, 0.15) is 29.6 Å². The highest BCUT2D eigenvalue weighted by atomic mass is 16.8. The molecule has 6 heteroatoms. The summed E-state index contributed by atoms with van der Waals surface area (Å²) in [6.45, 7) is 0.663. The van der Waals surface area contributed by atoms with Gasteiger partial charge in [0.15, 0.2) is 6.29 Å². The molecule has 0 aromatic heterocycles. The standard InChI is InChI=1S/C19H22N2O4/c1-23-15-11-9-14(10-12-15)20-17-7-3-2-6-16(17)19(22)21-25-18-8-4-5-13-24-18/h2-3,6-7,9-12,18,20H,4-5,8,13H2,1H3,(H,21,22). The maximum Gasteiger partial charge on any atom is 0.277 e. The van der Waals surface area contributed by atoms with E-state index in [1.54, 1.807) is 13.2 Å². The summed E-state index contributed by atoms with van der Waals surface area (Å²) in [5.41, 5.74) is 4.54. The Balaban J connectivity index is 1.65. The number of carbonyl (C=O) groups excluding carboxylic acids is 1. The first-order valence-corrected chi connectivity index (χ1v) is 8.34. The molecule has 3 rings (SSSR count). The van der Waals surface area contributed by atoms with E-state index in [4.69, 9.17) is 14.3 Å². The van der Waals surface area contributed by atoms with E-state index in [-0.39, 0.29) is 12.2 Å². The summed E-state index contributed by atoms with van der Waals surface area (Å²) in [7, 11) is 1.62. The first-order valence-electron chi connectivity index (χ1n) is 8.34. The molecule has 0 saturated carbocycles. The van der Waals surface area contributed by atoms with Crippen LogP contribution in [0.5, 0.6) is 5.75 Å². The Morgan fingerprint density at radius 3 is 2.64 bits per heavy atom. The quantitative estimate of drug-likeness (QED) is 0.785. The third-order valence-corrected chi connectivity index (χ3v) is 3.96. The molecule has 1 heterocycles. The van der Waals surface area contributed by atoms with Gasteiger partial charge in [0.1, 0.15) is 5.75 Å². The molecule has 2 N–H and O–H groups in total. The Kier molecular flexibility index (Phi) is 5.87. The van der Waals surface area contributed by atoms with Crippen LogP contribution in [0.3, 0.4) is 0 Å². The lowest BCUT2D eigenvalue weighted by atomic mass is 10.1. The minimum Gasteiger partial charge on any atom is -0.497 e. The zero-order valence-electron chi connectivity index (χ0n) is 14.2. The molecule has 0 radical (unpaired) electrons. The molecule has 0 spiro atoms. The summed E-state index contributed by atoms with van der Waals surface area (Å²) >= 11 is 0. The third-order valence-electron chi connectivity index (χ3n) is 3.96. The number of benzene rings is 2. The van der Waals surface area contributed by atoms with Gasteiger partial charge in [-0.1, -0.05) is 12.1 Å². The zero-order valence-corrected chi connectivity index (χ0v) is 14.2. The van der Waals surface area contributed by atoms with Crippen LogP contribution in [0.25, 0.3) is 0 Å². The third kappa shape index (κ3) is 4.71. The van der Waals surface area contributed by atoms with Gasteiger partial charge in [-0.15, -0.1) is 0 Å². The van der Waals surface area contributed by atoms with Crippen molar-refractivity contribution in [2.24, 2.45) is 0 Å². The van der Waals surface area contributed by atoms with Crippen molar-refractivity contribution in [2.45, 2.75) is 25.6 Å². The predicted molar refractivity (Wildman–Crippen MR) is 94.9 cm³/mol. The second kappa shape index (κ2) is 8.50. The fraction of sp³-hybridized carbons (Fsp3) is 0.316. The van der Waals surface area contributed by atoms with E-state index in [9.17, 15) is 4.79 Å². The van der Waals surface area contributed by atoms with Crippen molar-refractivity contribution in [3.63, 3.8) is 0 Å². The summed E-state index contributed by atoms with van der Waals surface area (Å²) in [4.78, 5) is 17.8. The van der Waals surface area contributed by atoms with Gasteiger partial charge < -0.3 is 14.8 Å². The topological polar surface area (TPSA) is 68.8 Å². The molecule has 0 aliphatic carbocycles. The van der Waals surface area contributed by atoms with E-state index in [2.05, 4.69) is 10.8 Å². The van der Waals surface area contributed by atoms with Crippen LogP contribution in [0.2, 0.25) is 0 Å². The van der Waals surface area contributed by atoms with Gasteiger partial charge in [0, 0.05) is 18.7 Å². The van der Waals surface area contributed by atoms with Crippen molar-refractivity contribution >= 4 is 17.3 Å². The Morgan fingerprint density at radius 2 is 1.92 bits per heavy atom. The van der Waals surface area contributed by atoms with E-state index >= 15 is 0 Å². The molecule has 1 unspecified atom stereocenters. The van der Waals surface area contributed by atoms with Gasteiger partial charge in [0.2, 0.25) is 0 Å². The highest BCUT2D eigenvalue weighted by molar-refractivity contribution is 5.99. The van der Waals surface area contributed by atoms with Gasteiger partial charge in [-0.2, -0.15) is 0 Å². The second-order valence-electron chi connectivity index (χ2n) is 5.74. The maximum absolute atomic E-state index is 12.4. The number of methoxy groups -OCH3 is 1. The van der Waals surface area contributed by atoms with Gasteiger partial charge >= 0.3 is 0 Å². The van der Waals surface area contributed by atoms with Crippen molar-refractivity contribution in [3.8, 4) is 5.75 Å². The molecule has 0 bridgehead atoms. The molecule has 1 fully saturated rings. The minimum absolute atomic E-state index is 0.314. The van der Waals surface area contributed by atoms with Gasteiger partial charge in [-0.3, -0.25) is 4.79 Å². The second-order valence-corrected chi connectivity index (χ2v) is 5.74. The van der Waals surface area contributed by atoms with E-state index in [0.29, 0.717) is 17.9 Å². The summed E-state index contributed by atoms with van der Waals surface area (Å²) in [6, 6.07) is 14.8. The number of para-hydroxylation sites is 1. The van der Waals surface area contributed by atoms with Gasteiger partial charge in [-0.05, 0) is 49.2 Å². The molecular weight excluding hydrogens is 320 g/mol. The van der Waals surface area contributed by atoms with Crippen LogP contribution in [-0.4, -0.2) is 25.9 Å². The fourth-order valence-corrected chi connectivity index (χ4v) is 2.60. The van der Waals surface area contributed by atoms with E-state index < -0.39 is 0 Å². The summed E-state index contributed by atoms with van der Waals surface area (Å²) in [5.74, 6) is 0.461. The largest absolute Gasteiger partial charge is 0.497 e. The number of hydroxylamine groups is 1. The molecule has 2 aromatic carbocycles. The number of amides is 1. The lowest BCUT2D eigenvalue weighted by Gasteiger charge is -2.22. The van der Waals surface area contributed by atoms with Crippen molar-refractivity contribution in [3.05, 3.63) is 54.1 Å². The Morgan fingerprint density at radius 1 is 1.12 bits per heavy atom. The summed E-state index contributed by atoms with van der Waals surface area (Å²) in [5, 5.41) is 3.24. The zero-order chi connectivity index (χ0) is 17.5. The van der Waals surface area contributed by atoms with Gasteiger partial charge in [0.25, 0.3) is 5.91 Å². The van der Waals surface area contributed by atoms with E-state index in [1.807, 2.05) is 42.5 Å². The first kappa shape index (κ1) is 17.3. The molecule has 1 saturated heterocycles. The number of rotatable bonds is 6. The summed E-state index contributed by atoms with van der Waals surface area (Å²) in [6.07, 6.45) is 2.48. The molecular formula is C19H22N2O4. The molecule has 25 heavy (non-hydrogen) atoms. The molecule has 2 aromatic rings. The van der Waals surface area contributed by atoms with Crippen LogP contribution in [0.4, 0.5) is 11.4 Å². The smallest absolute Gasteiger partial charge is 0.277 e. The number of ether oxygens (including phenoxy) is 2. The molecule has 1 atom stereocenters. The van der Waals surface area contributed by atoms with Crippen molar-refractivity contribution in [1.29, 1.82) is 0 Å². The molecule has 1 aliphatic heterocycles. The molecule has 132 valence electrons. The molecule has 6 nitrogen and oxygen atoms in total. The fourth-order valence-electron chi connectivity index (χ4n) is 2.60. The van der Waals surface area contributed by atoms with Gasteiger partial charge in [0.05, 0.1) is 18.4 Å². The predicted octanol–water partition coefficient (Wildman–Crippen LogP) is 3.63.